The topological polar surface area (TPSA) is 38.0 Å². The number of benzene rings is 1. The second-order valence-corrected chi connectivity index (χ2v) is 5.80. The Morgan fingerprint density at radius 1 is 1.19 bits per heavy atom. The van der Waals surface area contributed by atoms with Gasteiger partial charge in [-0.2, -0.15) is 13.2 Å². The normalized spacial score (nSPS) is 24.9. The molecule has 6 heteroatoms. The first-order chi connectivity index (χ1) is 9.82. The van der Waals surface area contributed by atoms with Crippen molar-refractivity contribution in [2.24, 2.45) is 17.7 Å². The number of alkyl halides is 3. The SMILES string of the molecule is Cc1cc(F)cc(C(NN)C2CCCCC2C(F)(F)F)c1. The predicted octanol–water partition coefficient (Wildman–Crippen LogP) is 4.01. The molecule has 1 aliphatic rings. The Labute approximate surface area is 121 Å². The van der Waals surface area contributed by atoms with Gasteiger partial charge in [-0.15, -0.1) is 0 Å². The quantitative estimate of drug-likeness (QED) is 0.503. The Morgan fingerprint density at radius 3 is 2.43 bits per heavy atom. The van der Waals surface area contributed by atoms with E-state index in [0.29, 0.717) is 24.0 Å². The largest absolute Gasteiger partial charge is 0.392 e. The molecule has 3 atom stereocenters. The summed E-state index contributed by atoms with van der Waals surface area (Å²) in [7, 11) is 0. The summed E-state index contributed by atoms with van der Waals surface area (Å²) in [4.78, 5) is 0. The van der Waals surface area contributed by atoms with Crippen LogP contribution >= 0.6 is 0 Å². The Bertz CT molecular complexity index is 467. The molecule has 0 spiro atoms. The predicted molar refractivity (Wildman–Crippen MR) is 72.7 cm³/mol. The van der Waals surface area contributed by atoms with Gasteiger partial charge < -0.3 is 0 Å². The van der Waals surface area contributed by atoms with Crippen molar-refractivity contribution in [2.75, 3.05) is 0 Å². The van der Waals surface area contributed by atoms with E-state index in [1.54, 1.807) is 13.0 Å². The van der Waals surface area contributed by atoms with Gasteiger partial charge in [0.15, 0.2) is 0 Å². The minimum atomic E-state index is -4.25. The van der Waals surface area contributed by atoms with Crippen LogP contribution in [0.5, 0.6) is 0 Å². The molecule has 118 valence electrons. The average molecular weight is 304 g/mol. The number of halogens is 4. The second kappa shape index (κ2) is 6.32. The highest BCUT2D eigenvalue weighted by molar-refractivity contribution is 5.27. The third kappa shape index (κ3) is 3.74. The van der Waals surface area contributed by atoms with Gasteiger partial charge in [-0.1, -0.05) is 18.9 Å². The smallest absolute Gasteiger partial charge is 0.271 e. The van der Waals surface area contributed by atoms with Crippen LogP contribution in [0.25, 0.3) is 0 Å². The summed E-state index contributed by atoms with van der Waals surface area (Å²) in [6.07, 6.45) is -2.39. The number of hydrogen-bond donors (Lipinski definition) is 2. The highest BCUT2D eigenvalue weighted by Crippen LogP contribution is 2.46. The maximum atomic E-state index is 13.5. The summed E-state index contributed by atoms with van der Waals surface area (Å²) in [5, 5.41) is 0. The summed E-state index contributed by atoms with van der Waals surface area (Å²) in [6.45, 7) is 1.71. The zero-order chi connectivity index (χ0) is 15.6. The van der Waals surface area contributed by atoms with E-state index >= 15 is 0 Å². The molecular formula is C15H20F4N2. The molecule has 0 aliphatic heterocycles. The first kappa shape index (κ1) is 16.2. The Kier molecular flexibility index (Phi) is 4.88. The Morgan fingerprint density at radius 2 is 1.86 bits per heavy atom. The Hall–Kier alpha value is -1.14. The molecule has 0 bridgehead atoms. The van der Waals surface area contributed by atoms with Crippen LogP contribution in [0.15, 0.2) is 18.2 Å². The molecule has 2 rings (SSSR count). The lowest BCUT2D eigenvalue weighted by molar-refractivity contribution is -0.199. The van der Waals surface area contributed by atoms with Crippen molar-refractivity contribution in [3.8, 4) is 0 Å². The zero-order valence-corrected chi connectivity index (χ0v) is 11.9. The molecule has 0 heterocycles. The molecule has 3 N–H and O–H groups in total. The first-order valence-corrected chi connectivity index (χ1v) is 7.13. The van der Waals surface area contributed by atoms with E-state index in [9.17, 15) is 17.6 Å². The average Bonchev–Trinajstić information content (AvgIpc) is 2.38. The number of rotatable bonds is 3. The fourth-order valence-electron chi connectivity index (χ4n) is 3.38. The molecule has 2 nitrogen and oxygen atoms in total. The molecule has 0 amide bonds. The minimum Gasteiger partial charge on any atom is -0.271 e. The van der Waals surface area contributed by atoms with E-state index in [1.807, 2.05) is 0 Å². The standard InChI is InChI=1S/C15H20F4N2/c1-9-6-10(8-11(16)7-9)14(21-20)12-4-2-3-5-13(12)15(17,18)19/h6-8,12-14,21H,2-5,20H2,1H3. The molecule has 0 radical (unpaired) electrons. The third-order valence-corrected chi connectivity index (χ3v) is 4.27. The van der Waals surface area contributed by atoms with Crippen LogP contribution in [0.1, 0.15) is 42.9 Å². The summed E-state index contributed by atoms with van der Waals surface area (Å²) in [5.41, 5.74) is 3.63. The van der Waals surface area contributed by atoms with Crippen LogP contribution < -0.4 is 11.3 Å². The van der Waals surface area contributed by atoms with Crippen molar-refractivity contribution in [2.45, 2.75) is 44.8 Å². The highest BCUT2D eigenvalue weighted by atomic mass is 19.4. The maximum absolute atomic E-state index is 13.5. The third-order valence-electron chi connectivity index (χ3n) is 4.27. The van der Waals surface area contributed by atoms with E-state index in [4.69, 9.17) is 5.84 Å². The minimum absolute atomic E-state index is 0.112. The van der Waals surface area contributed by atoms with Crippen LogP contribution in [0.3, 0.4) is 0 Å². The van der Waals surface area contributed by atoms with Crippen molar-refractivity contribution in [1.82, 2.24) is 5.43 Å². The van der Waals surface area contributed by atoms with Crippen LogP contribution in [-0.4, -0.2) is 6.18 Å². The number of aryl methyl sites for hydroxylation is 1. The zero-order valence-electron chi connectivity index (χ0n) is 11.9. The van der Waals surface area contributed by atoms with Gasteiger partial charge in [0.1, 0.15) is 5.82 Å². The van der Waals surface area contributed by atoms with Gasteiger partial charge in [-0.3, -0.25) is 11.3 Å². The van der Waals surface area contributed by atoms with E-state index in [2.05, 4.69) is 5.43 Å². The molecule has 21 heavy (non-hydrogen) atoms. The molecule has 1 aromatic rings. The number of nitrogens with two attached hydrogens (primary N) is 1. The van der Waals surface area contributed by atoms with Gasteiger partial charge in [0.05, 0.1) is 5.92 Å². The molecule has 1 aromatic carbocycles. The Balaban J connectivity index is 2.34. The van der Waals surface area contributed by atoms with E-state index in [1.165, 1.54) is 12.1 Å². The second-order valence-electron chi connectivity index (χ2n) is 5.80. The molecule has 3 unspecified atom stereocenters. The van der Waals surface area contributed by atoms with Crippen molar-refractivity contribution in [3.63, 3.8) is 0 Å². The van der Waals surface area contributed by atoms with Crippen LogP contribution in [0.4, 0.5) is 17.6 Å². The van der Waals surface area contributed by atoms with Gasteiger partial charge in [-0.05, 0) is 48.9 Å². The van der Waals surface area contributed by atoms with E-state index < -0.39 is 29.9 Å². The fourth-order valence-corrected chi connectivity index (χ4v) is 3.38. The molecule has 0 aromatic heterocycles. The van der Waals surface area contributed by atoms with E-state index in [0.717, 1.165) is 6.42 Å². The van der Waals surface area contributed by atoms with Crippen LogP contribution in [0, 0.1) is 24.6 Å². The summed E-state index contributed by atoms with van der Waals surface area (Å²) >= 11 is 0. The van der Waals surface area contributed by atoms with Crippen LogP contribution in [-0.2, 0) is 0 Å². The number of hydrazine groups is 1. The lowest BCUT2D eigenvalue weighted by atomic mass is 9.73. The van der Waals surface area contributed by atoms with Crippen molar-refractivity contribution in [1.29, 1.82) is 0 Å². The summed E-state index contributed by atoms with van der Waals surface area (Å²) in [6, 6.07) is 3.61. The first-order valence-electron chi connectivity index (χ1n) is 7.13. The van der Waals surface area contributed by atoms with Gasteiger partial charge in [0.2, 0.25) is 0 Å². The van der Waals surface area contributed by atoms with Gasteiger partial charge >= 0.3 is 6.18 Å². The molecule has 1 fully saturated rings. The fraction of sp³-hybridized carbons (Fsp3) is 0.600. The molecule has 1 saturated carbocycles. The van der Waals surface area contributed by atoms with E-state index in [-0.39, 0.29) is 6.42 Å². The van der Waals surface area contributed by atoms with Crippen LogP contribution in [0.2, 0.25) is 0 Å². The van der Waals surface area contributed by atoms with Gasteiger partial charge in [-0.25, -0.2) is 4.39 Å². The summed E-state index contributed by atoms with van der Waals surface area (Å²) in [5.74, 6) is 2.99. The summed E-state index contributed by atoms with van der Waals surface area (Å²) < 4.78 is 53.2. The highest BCUT2D eigenvalue weighted by Gasteiger charge is 2.48. The monoisotopic (exact) mass is 304 g/mol. The number of hydrogen-bond acceptors (Lipinski definition) is 2. The maximum Gasteiger partial charge on any atom is 0.392 e. The lowest BCUT2D eigenvalue weighted by Gasteiger charge is -2.38. The van der Waals surface area contributed by atoms with Gasteiger partial charge in [0, 0.05) is 6.04 Å². The number of nitrogens with one attached hydrogen (secondary N) is 1. The molecule has 1 aliphatic carbocycles. The van der Waals surface area contributed by atoms with Crippen molar-refractivity contribution < 1.29 is 17.6 Å². The van der Waals surface area contributed by atoms with Crippen molar-refractivity contribution >= 4 is 0 Å². The molecular weight excluding hydrogens is 284 g/mol. The molecule has 0 saturated heterocycles. The van der Waals surface area contributed by atoms with Gasteiger partial charge in [0.25, 0.3) is 0 Å². The van der Waals surface area contributed by atoms with Crippen molar-refractivity contribution in [3.05, 3.63) is 35.1 Å². The lowest BCUT2D eigenvalue weighted by Crippen LogP contribution is -2.43.